The SMILES string of the molecule is CC(C)c1ccc(OCCNC(=O)Nc2cccc(C(F)(F)F)c2)cc1. The molecule has 2 N–H and O–H groups in total. The molecule has 0 aliphatic rings. The van der Waals surface area contributed by atoms with Gasteiger partial charge in [0.1, 0.15) is 12.4 Å². The van der Waals surface area contributed by atoms with E-state index in [4.69, 9.17) is 4.74 Å². The number of hydrogen-bond acceptors (Lipinski definition) is 2. The van der Waals surface area contributed by atoms with E-state index in [1.54, 1.807) is 0 Å². The third kappa shape index (κ3) is 5.98. The quantitative estimate of drug-likeness (QED) is 0.705. The highest BCUT2D eigenvalue weighted by Crippen LogP contribution is 2.30. The molecule has 0 aromatic heterocycles. The van der Waals surface area contributed by atoms with Crippen molar-refractivity contribution in [2.24, 2.45) is 0 Å². The first-order valence-electron chi connectivity index (χ1n) is 8.20. The fraction of sp³-hybridized carbons (Fsp3) is 0.316. The summed E-state index contributed by atoms with van der Waals surface area (Å²) in [6.07, 6.45) is -4.45. The number of carbonyl (C=O) groups is 1. The van der Waals surface area contributed by atoms with E-state index in [1.165, 1.54) is 17.7 Å². The monoisotopic (exact) mass is 366 g/mol. The van der Waals surface area contributed by atoms with E-state index in [0.29, 0.717) is 11.7 Å². The van der Waals surface area contributed by atoms with Crippen LogP contribution in [0.5, 0.6) is 5.75 Å². The summed E-state index contributed by atoms with van der Waals surface area (Å²) in [5.74, 6) is 1.12. The van der Waals surface area contributed by atoms with Gasteiger partial charge in [0.25, 0.3) is 0 Å². The number of benzene rings is 2. The maximum atomic E-state index is 12.6. The van der Waals surface area contributed by atoms with Gasteiger partial charge in [-0.15, -0.1) is 0 Å². The Morgan fingerprint density at radius 3 is 2.42 bits per heavy atom. The lowest BCUT2D eigenvalue weighted by Gasteiger charge is -2.11. The van der Waals surface area contributed by atoms with Crippen LogP contribution < -0.4 is 15.4 Å². The van der Waals surface area contributed by atoms with E-state index in [0.717, 1.165) is 12.1 Å². The van der Waals surface area contributed by atoms with Crippen molar-refractivity contribution in [1.29, 1.82) is 0 Å². The molecule has 140 valence electrons. The summed E-state index contributed by atoms with van der Waals surface area (Å²) >= 11 is 0. The van der Waals surface area contributed by atoms with Crippen molar-refractivity contribution in [3.8, 4) is 5.75 Å². The van der Waals surface area contributed by atoms with Gasteiger partial charge in [-0.3, -0.25) is 0 Å². The summed E-state index contributed by atoms with van der Waals surface area (Å²) in [6.45, 7) is 4.67. The van der Waals surface area contributed by atoms with Gasteiger partial charge in [0.2, 0.25) is 0 Å². The summed E-state index contributed by atoms with van der Waals surface area (Å²) < 4.78 is 43.4. The minimum atomic E-state index is -4.45. The van der Waals surface area contributed by atoms with Crippen LogP contribution in [0.2, 0.25) is 0 Å². The Morgan fingerprint density at radius 1 is 1.12 bits per heavy atom. The smallest absolute Gasteiger partial charge is 0.416 e. The van der Waals surface area contributed by atoms with Crippen LogP contribution in [0.4, 0.5) is 23.7 Å². The van der Waals surface area contributed by atoms with Crippen LogP contribution in [-0.2, 0) is 6.18 Å². The third-order valence-corrected chi connectivity index (χ3v) is 3.65. The molecular weight excluding hydrogens is 345 g/mol. The Kier molecular flexibility index (Phi) is 6.49. The van der Waals surface area contributed by atoms with Crippen LogP contribution in [0, 0.1) is 0 Å². The zero-order valence-electron chi connectivity index (χ0n) is 14.6. The Morgan fingerprint density at radius 2 is 1.81 bits per heavy atom. The second-order valence-electron chi connectivity index (χ2n) is 6.03. The van der Waals surface area contributed by atoms with Gasteiger partial charge < -0.3 is 15.4 Å². The first-order chi connectivity index (χ1) is 12.3. The molecule has 0 atom stereocenters. The molecule has 7 heteroatoms. The van der Waals surface area contributed by atoms with Gasteiger partial charge in [-0.05, 0) is 41.8 Å². The van der Waals surface area contributed by atoms with Crippen LogP contribution in [-0.4, -0.2) is 19.2 Å². The Bertz CT molecular complexity index is 728. The fourth-order valence-electron chi connectivity index (χ4n) is 2.23. The fourth-order valence-corrected chi connectivity index (χ4v) is 2.23. The van der Waals surface area contributed by atoms with Crippen molar-refractivity contribution in [1.82, 2.24) is 5.32 Å². The Hall–Kier alpha value is -2.70. The van der Waals surface area contributed by atoms with Crippen molar-refractivity contribution in [2.45, 2.75) is 25.9 Å². The molecule has 0 heterocycles. The second kappa shape index (κ2) is 8.60. The lowest BCUT2D eigenvalue weighted by atomic mass is 10.0. The number of nitrogens with one attached hydrogen (secondary N) is 2. The molecule has 4 nitrogen and oxygen atoms in total. The van der Waals surface area contributed by atoms with E-state index >= 15 is 0 Å². The van der Waals surface area contributed by atoms with E-state index in [-0.39, 0.29) is 18.8 Å². The summed E-state index contributed by atoms with van der Waals surface area (Å²) in [7, 11) is 0. The van der Waals surface area contributed by atoms with E-state index in [9.17, 15) is 18.0 Å². The van der Waals surface area contributed by atoms with Gasteiger partial charge in [0, 0.05) is 5.69 Å². The number of rotatable bonds is 6. The summed E-state index contributed by atoms with van der Waals surface area (Å²) in [5.41, 5.74) is 0.460. The number of urea groups is 1. The number of halogens is 3. The number of ether oxygens (including phenoxy) is 1. The zero-order valence-corrected chi connectivity index (χ0v) is 14.6. The molecule has 0 aliphatic heterocycles. The second-order valence-corrected chi connectivity index (χ2v) is 6.03. The van der Waals surface area contributed by atoms with Crippen molar-refractivity contribution < 1.29 is 22.7 Å². The molecular formula is C19H21F3N2O2. The largest absolute Gasteiger partial charge is 0.492 e. The maximum absolute atomic E-state index is 12.6. The Balaban J connectivity index is 1.75. The van der Waals surface area contributed by atoms with E-state index < -0.39 is 17.8 Å². The highest BCUT2D eigenvalue weighted by Gasteiger charge is 2.30. The standard InChI is InChI=1S/C19H21F3N2O2/c1-13(2)14-6-8-17(9-7-14)26-11-10-23-18(25)24-16-5-3-4-15(12-16)19(20,21)22/h3-9,12-13H,10-11H2,1-2H3,(H2,23,24,25). The first-order valence-corrected chi connectivity index (χ1v) is 8.20. The summed E-state index contributed by atoms with van der Waals surface area (Å²) in [6, 6.07) is 11.5. The molecule has 0 fully saturated rings. The lowest BCUT2D eigenvalue weighted by Crippen LogP contribution is -2.32. The van der Waals surface area contributed by atoms with Gasteiger partial charge in [-0.2, -0.15) is 13.2 Å². The van der Waals surface area contributed by atoms with Crippen molar-refractivity contribution in [3.05, 3.63) is 59.7 Å². The van der Waals surface area contributed by atoms with Crippen LogP contribution in [0.1, 0.15) is 30.9 Å². The number of amides is 2. The number of anilines is 1. The highest BCUT2D eigenvalue weighted by molar-refractivity contribution is 5.89. The Labute approximate surface area is 150 Å². The zero-order chi connectivity index (χ0) is 19.2. The average molecular weight is 366 g/mol. The highest BCUT2D eigenvalue weighted by atomic mass is 19.4. The van der Waals surface area contributed by atoms with Crippen LogP contribution in [0.3, 0.4) is 0 Å². The minimum absolute atomic E-state index is 0.0718. The molecule has 2 amide bonds. The normalized spacial score (nSPS) is 11.3. The van der Waals surface area contributed by atoms with Crippen LogP contribution >= 0.6 is 0 Å². The molecule has 0 radical (unpaired) electrons. The van der Waals surface area contributed by atoms with Gasteiger partial charge in [-0.1, -0.05) is 32.0 Å². The molecule has 0 aliphatic carbocycles. The third-order valence-electron chi connectivity index (χ3n) is 3.65. The molecule has 0 spiro atoms. The molecule has 26 heavy (non-hydrogen) atoms. The maximum Gasteiger partial charge on any atom is 0.416 e. The molecule has 0 unspecified atom stereocenters. The predicted octanol–water partition coefficient (Wildman–Crippen LogP) is 5.03. The lowest BCUT2D eigenvalue weighted by molar-refractivity contribution is -0.137. The molecule has 0 bridgehead atoms. The summed E-state index contributed by atoms with van der Waals surface area (Å²) in [4.78, 5) is 11.7. The predicted molar refractivity (Wildman–Crippen MR) is 94.5 cm³/mol. The molecule has 0 saturated heterocycles. The van der Waals surface area contributed by atoms with Crippen LogP contribution in [0.25, 0.3) is 0 Å². The molecule has 0 saturated carbocycles. The molecule has 2 aromatic carbocycles. The minimum Gasteiger partial charge on any atom is -0.492 e. The van der Waals surface area contributed by atoms with Gasteiger partial charge in [0.05, 0.1) is 12.1 Å². The molecule has 2 aromatic rings. The number of carbonyl (C=O) groups excluding carboxylic acids is 1. The van der Waals surface area contributed by atoms with Crippen molar-refractivity contribution in [3.63, 3.8) is 0 Å². The van der Waals surface area contributed by atoms with Crippen molar-refractivity contribution >= 4 is 11.7 Å². The van der Waals surface area contributed by atoms with Gasteiger partial charge >= 0.3 is 12.2 Å². The average Bonchev–Trinajstić information content (AvgIpc) is 2.58. The van der Waals surface area contributed by atoms with Gasteiger partial charge in [-0.25, -0.2) is 4.79 Å². The van der Waals surface area contributed by atoms with Crippen LogP contribution in [0.15, 0.2) is 48.5 Å². The number of hydrogen-bond donors (Lipinski definition) is 2. The first kappa shape index (κ1) is 19.6. The van der Waals surface area contributed by atoms with E-state index in [2.05, 4.69) is 24.5 Å². The summed E-state index contributed by atoms with van der Waals surface area (Å²) in [5, 5.41) is 4.90. The molecule has 2 rings (SSSR count). The van der Waals surface area contributed by atoms with E-state index in [1.807, 2.05) is 24.3 Å². The topological polar surface area (TPSA) is 50.4 Å². The van der Waals surface area contributed by atoms with Gasteiger partial charge in [0.15, 0.2) is 0 Å². The van der Waals surface area contributed by atoms with Crippen molar-refractivity contribution in [2.75, 3.05) is 18.5 Å². The number of alkyl halides is 3.